The summed E-state index contributed by atoms with van der Waals surface area (Å²) in [6, 6.07) is 8.43. The number of aromatic amines is 1. The summed E-state index contributed by atoms with van der Waals surface area (Å²) >= 11 is 1.76. The van der Waals surface area contributed by atoms with E-state index in [1.807, 2.05) is 18.3 Å². The highest BCUT2D eigenvalue weighted by atomic mass is 32.1. The minimum atomic E-state index is -0.0585. The van der Waals surface area contributed by atoms with E-state index < -0.39 is 0 Å². The number of methoxy groups -OCH3 is 1. The average Bonchev–Trinajstić information content (AvgIpc) is 3.63. The van der Waals surface area contributed by atoms with E-state index in [2.05, 4.69) is 37.4 Å². The van der Waals surface area contributed by atoms with Crippen molar-refractivity contribution < 1.29 is 14.3 Å². The summed E-state index contributed by atoms with van der Waals surface area (Å²) in [5.74, 6) is 1.63. The maximum absolute atomic E-state index is 11.9. The smallest absolute Gasteiger partial charge is 0.246 e. The number of likely N-dealkylation sites (tertiary alicyclic amines) is 1. The van der Waals surface area contributed by atoms with Crippen molar-refractivity contribution in [3.8, 4) is 11.4 Å². The third-order valence-corrected chi connectivity index (χ3v) is 7.84. The van der Waals surface area contributed by atoms with Crippen LogP contribution in [0.5, 0.6) is 0 Å². The van der Waals surface area contributed by atoms with Gasteiger partial charge in [0.25, 0.3) is 0 Å². The Balaban J connectivity index is 1.31. The molecule has 2 aliphatic rings. The highest BCUT2D eigenvalue weighted by molar-refractivity contribution is 7.19. The average molecular weight is 508 g/mol. The molecule has 0 aliphatic carbocycles. The van der Waals surface area contributed by atoms with Crippen LogP contribution in [0.1, 0.15) is 11.3 Å². The van der Waals surface area contributed by atoms with Gasteiger partial charge < -0.3 is 19.7 Å². The van der Waals surface area contributed by atoms with Gasteiger partial charge in [-0.15, -0.1) is 11.3 Å². The van der Waals surface area contributed by atoms with Crippen LogP contribution in [0.2, 0.25) is 0 Å². The van der Waals surface area contributed by atoms with Crippen molar-refractivity contribution in [2.45, 2.75) is 19.0 Å². The van der Waals surface area contributed by atoms with Gasteiger partial charge in [0.05, 0.1) is 35.1 Å². The Morgan fingerprint density at radius 1 is 1.28 bits per heavy atom. The van der Waals surface area contributed by atoms with Gasteiger partial charge >= 0.3 is 0 Å². The molecular weight excluding hydrogens is 478 g/mol. The number of hydrogen-bond acceptors (Lipinski definition) is 9. The summed E-state index contributed by atoms with van der Waals surface area (Å²) < 4.78 is 11.7. The molecule has 0 spiro atoms. The quantitative estimate of drug-likeness (QED) is 0.393. The molecule has 2 aliphatic heterocycles. The second-order valence-corrected chi connectivity index (χ2v) is 10.4. The molecule has 1 unspecified atom stereocenters. The predicted octanol–water partition coefficient (Wildman–Crippen LogP) is 2.41. The van der Waals surface area contributed by atoms with Crippen molar-refractivity contribution in [1.82, 2.24) is 30.4 Å². The molecule has 2 N–H and O–H groups in total. The molecule has 0 radical (unpaired) electrons. The molecule has 2 fully saturated rings. The maximum Gasteiger partial charge on any atom is 0.246 e. The molecule has 6 rings (SSSR count). The van der Waals surface area contributed by atoms with Gasteiger partial charge in [-0.25, -0.2) is 9.97 Å². The molecule has 0 saturated carbocycles. The number of fused-ring (bicyclic) bond motifs is 2. The number of aromatic nitrogens is 4. The van der Waals surface area contributed by atoms with Crippen molar-refractivity contribution >= 4 is 44.2 Å². The van der Waals surface area contributed by atoms with Crippen molar-refractivity contribution in [2.24, 2.45) is 0 Å². The first-order valence-electron chi connectivity index (χ1n) is 12.2. The summed E-state index contributed by atoms with van der Waals surface area (Å²) in [5.41, 5.74) is 2.90. The van der Waals surface area contributed by atoms with Crippen molar-refractivity contribution in [3.63, 3.8) is 0 Å². The number of amides is 1. The van der Waals surface area contributed by atoms with Crippen LogP contribution in [0, 0.1) is 0 Å². The zero-order chi connectivity index (χ0) is 24.5. The Bertz CT molecular complexity index is 1380. The number of ether oxygens (including phenoxy) is 2. The van der Waals surface area contributed by atoms with Crippen LogP contribution in [0.3, 0.4) is 0 Å². The lowest BCUT2D eigenvalue weighted by molar-refractivity contribution is -0.125. The first-order chi connectivity index (χ1) is 17.7. The summed E-state index contributed by atoms with van der Waals surface area (Å²) in [4.78, 5) is 27.9. The minimum absolute atomic E-state index is 0.0585. The molecule has 10 nitrogen and oxygen atoms in total. The van der Waals surface area contributed by atoms with Crippen LogP contribution >= 0.6 is 11.3 Å². The molecule has 3 aromatic heterocycles. The molecule has 4 aromatic rings. The van der Waals surface area contributed by atoms with Crippen molar-refractivity contribution in [2.75, 3.05) is 58.0 Å². The Hall–Kier alpha value is -3.12. The van der Waals surface area contributed by atoms with Crippen LogP contribution in [0.15, 0.2) is 30.5 Å². The first-order valence-corrected chi connectivity index (χ1v) is 13.1. The maximum atomic E-state index is 11.9. The topological polar surface area (TPSA) is 108 Å². The van der Waals surface area contributed by atoms with E-state index in [9.17, 15) is 4.79 Å². The van der Waals surface area contributed by atoms with Gasteiger partial charge in [-0.1, -0.05) is 12.1 Å². The highest BCUT2D eigenvalue weighted by Gasteiger charge is 2.26. The Kier molecular flexibility index (Phi) is 6.53. The standard InChI is InChI=1S/C25H29N7O3S/c1-34-15-22(33)27-16-5-6-31(13-16)14-17-11-21-23(36-17)25(32-7-9-35-10-8-32)29-24(28-21)18-3-2-4-20-19(18)12-26-30-20/h2-4,11-12,16H,5-10,13-15H2,1H3,(H,26,30)(H,27,33). The zero-order valence-electron chi connectivity index (χ0n) is 20.2. The van der Waals surface area contributed by atoms with Crippen LogP contribution in [0.4, 0.5) is 5.82 Å². The van der Waals surface area contributed by atoms with Gasteiger partial charge in [0, 0.05) is 61.7 Å². The number of anilines is 1. The van der Waals surface area contributed by atoms with E-state index in [1.165, 1.54) is 12.0 Å². The third kappa shape index (κ3) is 4.66. The Morgan fingerprint density at radius 3 is 3.03 bits per heavy atom. The second-order valence-electron chi connectivity index (χ2n) is 9.26. The molecule has 188 valence electrons. The second kappa shape index (κ2) is 10.1. The molecule has 1 amide bonds. The summed E-state index contributed by atoms with van der Waals surface area (Å²) in [7, 11) is 1.54. The number of benzene rings is 1. The summed E-state index contributed by atoms with van der Waals surface area (Å²) in [6.07, 6.45) is 2.78. The number of morpholine rings is 1. The third-order valence-electron chi connectivity index (χ3n) is 6.73. The number of H-pyrrole nitrogens is 1. The van der Waals surface area contributed by atoms with E-state index in [0.717, 1.165) is 71.6 Å². The van der Waals surface area contributed by atoms with Gasteiger partial charge in [0.1, 0.15) is 6.61 Å². The number of nitrogens with zero attached hydrogens (tertiary/aromatic N) is 5. The molecule has 11 heteroatoms. The Labute approximate surface area is 212 Å². The fraction of sp³-hybridized carbons (Fsp3) is 0.440. The lowest BCUT2D eigenvalue weighted by Gasteiger charge is -2.28. The lowest BCUT2D eigenvalue weighted by atomic mass is 10.1. The predicted molar refractivity (Wildman–Crippen MR) is 139 cm³/mol. The molecule has 1 atom stereocenters. The zero-order valence-corrected chi connectivity index (χ0v) is 21.0. The molecular formula is C25H29N7O3S. The van der Waals surface area contributed by atoms with Crippen molar-refractivity contribution in [3.05, 3.63) is 35.3 Å². The number of nitrogens with one attached hydrogen (secondary N) is 2. The van der Waals surface area contributed by atoms with Crippen LogP contribution < -0.4 is 10.2 Å². The first kappa shape index (κ1) is 23.3. The lowest BCUT2D eigenvalue weighted by Crippen LogP contribution is -2.38. The van der Waals surface area contributed by atoms with Crippen molar-refractivity contribution in [1.29, 1.82) is 0 Å². The van der Waals surface area contributed by atoms with E-state index >= 15 is 0 Å². The van der Waals surface area contributed by atoms with Gasteiger partial charge in [0.2, 0.25) is 5.91 Å². The van der Waals surface area contributed by atoms with Gasteiger partial charge in [-0.3, -0.25) is 14.8 Å². The normalized spacial score (nSPS) is 18.9. The number of carbonyl (C=O) groups excluding carboxylic acids is 1. The summed E-state index contributed by atoms with van der Waals surface area (Å²) in [6.45, 7) is 5.72. The molecule has 5 heterocycles. The molecule has 2 saturated heterocycles. The van der Waals surface area contributed by atoms with Gasteiger partial charge in [-0.05, 0) is 18.6 Å². The fourth-order valence-electron chi connectivity index (χ4n) is 5.03. The largest absolute Gasteiger partial charge is 0.378 e. The van der Waals surface area contributed by atoms with Crippen LogP contribution in [0.25, 0.3) is 32.5 Å². The SMILES string of the molecule is COCC(=O)NC1CCN(Cc2cc3nc(-c4cccc5[nH]ncc45)nc(N4CCOCC4)c3s2)C1. The number of carbonyl (C=O) groups is 1. The monoisotopic (exact) mass is 507 g/mol. The van der Waals surface area contributed by atoms with Crippen LogP contribution in [-0.2, 0) is 20.8 Å². The molecule has 36 heavy (non-hydrogen) atoms. The number of hydrogen-bond donors (Lipinski definition) is 2. The van der Waals surface area contributed by atoms with Crippen LogP contribution in [-0.4, -0.2) is 90.1 Å². The molecule has 0 bridgehead atoms. The Morgan fingerprint density at radius 2 is 2.17 bits per heavy atom. The van der Waals surface area contributed by atoms with E-state index in [-0.39, 0.29) is 18.6 Å². The van der Waals surface area contributed by atoms with Gasteiger partial charge in [-0.2, -0.15) is 5.10 Å². The number of rotatable bonds is 7. The van der Waals surface area contributed by atoms with E-state index in [0.29, 0.717) is 19.0 Å². The summed E-state index contributed by atoms with van der Waals surface area (Å²) in [5, 5.41) is 11.3. The minimum Gasteiger partial charge on any atom is -0.378 e. The highest BCUT2D eigenvalue weighted by Crippen LogP contribution is 2.36. The fourth-order valence-corrected chi connectivity index (χ4v) is 6.19. The molecule has 1 aromatic carbocycles. The number of thiophene rings is 1. The van der Waals surface area contributed by atoms with E-state index in [4.69, 9.17) is 19.4 Å². The van der Waals surface area contributed by atoms with E-state index in [1.54, 1.807) is 11.3 Å². The van der Waals surface area contributed by atoms with Gasteiger partial charge in [0.15, 0.2) is 11.6 Å².